The van der Waals surface area contributed by atoms with Gasteiger partial charge in [-0.3, -0.25) is 0 Å². The van der Waals surface area contributed by atoms with Gasteiger partial charge in [0.1, 0.15) is 5.75 Å². The van der Waals surface area contributed by atoms with Gasteiger partial charge >= 0.3 is 0 Å². The molecule has 3 rings (SSSR count). The molecule has 2 fully saturated rings. The Labute approximate surface area is 122 Å². The Morgan fingerprint density at radius 3 is 2.55 bits per heavy atom. The molecule has 0 aliphatic heterocycles. The Kier molecular flexibility index (Phi) is 4.62. The Balaban J connectivity index is 1.72. The van der Waals surface area contributed by atoms with Crippen LogP contribution in [0.2, 0.25) is 0 Å². The quantitative estimate of drug-likeness (QED) is 0.849. The van der Waals surface area contributed by atoms with Gasteiger partial charge in [-0.05, 0) is 67.7 Å². The first-order chi connectivity index (χ1) is 9.86. The minimum Gasteiger partial charge on any atom is -0.493 e. The van der Waals surface area contributed by atoms with Gasteiger partial charge in [0, 0.05) is 0 Å². The molecule has 0 radical (unpaired) electrons. The summed E-state index contributed by atoms with van der Waals surface area (Å²) in [6, 6.07) is 6.85. The smallest absolute Gasteiger partial charge is 0.122 e. The van der Waals surface area contributed by atoms with Gasteiger partial charge in [-0.25, -0.2) is 0 Å². The predicted octanol–water partition coefficient (Wildman–Crippen LogP) is 4.02. The standard InChI is InChI=1S/C18H27NO/c19-11-10-17-12-16(15-4-2-1-3-5-15)8-9-18(17)20-13-14-6-7-14/h8-9,12,14-15H,1-7,10-11,13,19H2. The monoisotopic (exact) mass is 273 g/mol. The number of rotatable bonds is 6. The van der Waals surface area contributed by atoms with Crippen LogP contribution in [0.1, 0.15) is 62.0 Å². The van der Waals surface area contributed by atoms with E-state index in [9.17, 15) is 0 Å². The minimum absolute atomic E-state index is 0.702. The first kappa shape index (κ1) is 13.9. The van der Waals surface area contributed by atoms with E-state index in [1.54, 1.807) is 0 Å². The summed E-state index contributed by atoms with van der Waals surface area (Å²) in [6.45, 7) is 1.59. The van der Waals surface area contributed by atoms with Gasteiger partial charge in [0.25, 0.3) is 0 Å². The lowest BCUT2D eigenvalue weighted by molar-refractivity contribution is 0.296. The summed E-state index contributed by atoms with van der Waals surface area (Å²) in [5, 5.41) is 0. The minimum atomic E-state index is 0.702. The lowest BCUT2D eigenvalue weighted by Gasteiger charge is -2.23. The van der Waals surface area contributed by atoms with Gasteiger partial charge in [0.15, 0.2) is 0 Å². The van der Waals surface area contributed by atoms with E-state index in [4.69, 9.17) is 10.5 Å². The molecule has 2 nitrogen and oxygen atoms in total. The van der Waals surface area contributed by atoms with E-state index in [2.05, 4.69) is 18.2 Å². The second-order valence-electron chi connectivity index (χ2n) is 6.50. The fraction of sp³-hybridized carbons (Fsp3) is 0.667. The lowest BCUT2D eigenvalue weighted by Crippen LogP contribution is -2.09. The summed E-state index contributed by atoms with van der Waals surface area (Å²) in [4.78, 5) is 0. The summed E-state index contributed by atoms with van der Waals surface area (Å²) in [6.07, 6.45) is 10.5. The average molecular weight is 273 g/mol. The van der Waals surface area contributed by atoms with E-state index in [1.165, 1.54) is 56.1 Å². The molecule has 0 bridgehead atoms. The molecule has 20 heavy (non-hydrogen) atoms. The molecular weight excluding hydrogens is 246 g/mol. The van der Waals surface area contributed by atoms with Crippen molar-refractivity contribution < 1.29 is 4.74 Å². The van der Waals surface area contributed by atoms with Crippen molar-refractivity contribution in [3.63, 3.8) is 0 Å². The molecule has 0 heterocycles. The number of benzene rings is 1. The van der Waals surface area contributed by atoms with Crippen molar-refractivity contribution in [1.29, 1.82) is 0 Å². The first-order valence-electron chi connectivity index (χ1n) is 8.32. The average Bonchev–Trinajstić information content (AvgIpc) is 3.31. The third-order valence-electron chi connectivity index (χ3n) is 4.75. The van der Waals surface area contributed by atoms with Crippen LogP contribution in [0.3, 0.4) is 0 Å². The summed E-state index contributed by atoms with van der Waals surface area (Å²) in [5.41, 5.74) is 8.59. The van der Waals surface area contributed by atoms with Gasteiger partial charge in [-0.1, -0.05) is 31.4 Å². The molecule has 2 N–H and O–H groups in total. The Hall–Kier alpha value is -1.02. The SMILES string of the molecule is NCCc1cc(C2CCCCC2)ccc1OCC1CC1. The molecule has 0 unspecified atom stereocenters. The highest BCUT2D eigenvalue weighted by Crippen LogP contribution is 2.35. The van der Waals surface area contributed by atoms with Crippen molar-refractivity contribution in [2.24, 2.45) is 11.7 Å². The highest BCUT2D eigenvalue weighted by molar-refractivity contribution is 5.39. The van der Waals surface area contributed by atoms with Crippen LogP contribution in [0.5, 0.6) is 5.75 Å². The van der Waals surface area contributed by atoms with E-state index in [1.807, 2.05) is 0 Å². The Bertz CT molecular complexity index is 433. The molecular formula is C18H27NO. The summed E-state index contributed by atoms with van der Waals surface area (Å²) in [5.74, 6) is 2.64. The van der Waals surface area contributed by atoms with Crippen molar-refractivity contribution in [2.45, 2.75) is 57.3 Å². The molecule has 0 spiro atoms. The van der Waals surface area contributed by atoms with Crippen molar-refractivity contribution in [3.8, 4) is 5.75 Å². The largest absolute Gasteiger partial charge is 0.493 e. The number of nitrogens with two attached hydrogens (primary N) is 1. The van der Waals surface area contributed by atoms with Crippen molar-refractivity contribution >= 4 is 0 Å². The second kappa shape index (κ2) is 6.62. The molecule has 2 saturated carbocycles. The van der Waals surface area contributed by atoms with Crippen LogP contribution in [0, 0.1) is 5.92 Å². The van der Waals surface area contributed by atoms with E-state index in [0.717, 1.165) is 30.6 Å². The summed E-state index contributed by atoms with van der Waals surface area (Å²) < 4.78 is 6.00. The molecule has 0 aromatic heterocycles. The Morgan fingerprint density at radius 2 is 1.85 bits per heavy atom. The van der Waals surface area contributed by atoms with Crippen LogP contribution in [0.15, 0.2) is 18.2 Å². The van der Waals surface area contributed by atoms with Crippen LogP contribution in [0.4, 0.5) is 0 Å². The summed E-state index contributed by atoms with van der Waals surface area (Å²) in [7, 11) is 0. The zero-order valence-electron chi connectivity index (χ0n) is 12.4. The lowest BCUT2D eigenvalue weighted by atomic mass is 9.83. The van der Waals surface area contributed by atoms with Gasteiger partial charge in [-0.15, -0.1) is 0 Å². The molecule has 0 saturated heterocycles. The van der Waals surface area contributed by atoms with E-state index in [-0.39, 0.29) is 0 Å². The van der Waals surface area contributed by atoms with Crippen LogP contribution < -0.4 is 10.5 Å². The van der Waals surface area contributed by atoms with Gasteiger partial charge in [-0.2, -0.15) is 0 Å². The number of ether oxygens (including phenoxy) is 1. The maximum atomic E-state index is 6.00. The summed E-state index contributed by atoms with van der Waals surface area (Å²) >= 11 is 0. The first-order valence-corrected chi connectivity index (χ1v) is 8.32. The van der Waals surface area contributed by atoms with Crippen molar-refractivity contribution in [3.05, 3.63) is 29.3 Å². The highest BCUT2D eigenvalue weighted by Gasteiger charge is 2.23. The number of hydrogen-bond acceptors (Lipinski definition) is 2. The highest BCUT2D eigenvalue weighted by atomic mass is 16.5. The van der Waals surface area contributed by atoms with E-state index >= 15 is 0 Å². The van der Waals surface area contributed by atoms with Gasteiger partial charge in [0.2, 0.25) is 0 Å². The molecule has 2 aliphatic rings. The third kappa shape index (κ3) is 3.54. The molecule has 0 atom stereocenters. The van der Waals surface area contributed by atoms with Crippen LogP contribution in [0.25, 0.3) is 0 Å². The maximum absolute atomic E-state index is 6.00. The van der Waals surface area contributed by atoms with Crippen LogP contribution in [-0.2, 0) is 6.42 Å². The fourth-order valence-corrected chi connectivity index (χ4v) is 3.27. The van der Waals surface area contributed by atoms with Gasteiger partial charge < -0.3 is 10.5 Å². The molecule has 2 aliphatic carbocycles. The van der Waals surface area contributed by atoms with E-state index < -0.39 is 0 Å². The number of hydrogen-bond donors (Lipinski definition) is 1. The van der Waals surface area contributed by atoms with Crippen LogP contribution >= 0.6 is 0 Å². The zero-order valence-corrected chi connectivity index (χ0v) is 12.4. The zero-order chi connectivity index (χ0) is 13.8. The maximum Gasteiger partial charge on any atom is 0.122 e. The normalized spacial score (nSPS) is 20.1. The second-order valence-corrected chi connectivity index (χ2v) is 6.50. The molecule has 110 valence electrons. The van der Waals surface area contributed by atoms with Crippen molar-refractivity contribution in [2.75, 3.05) is 13.2 Å². The topological polar surface area (TPSA) is 35.2 Å². The molecule has 1 aromatic rings. The third-order valence-corrected chi connectivity index (χ3v) is 4.75. The fourth-order valence-electron chi connectivity index (χ4n) is 3.27. The molecule has 1 aromatic carbocycles. The molecule has 0 amide bonds. The predicted molar refractivity (Wildman–Crippen MR) is 83.2 cm³/mol. The van der Waals surface area contributed by atoms with E-state index in [0.29, 0.717) is 6.54 Å². The molecule has 2 heteroatoms. The van der Waals surface area contributed by atoms with Crippen LogP contribution in [-0.4, -0.2) is 13.2 Å². The Morgan fingerprint density at radius 1 is 1.05 bits per heavy atom. The van der Waals surface area contributed by atoms with Gasteiger partial charge in [0.05, 0.1) is 6.61 Å². The van der Waals surface area contributed by atoms with Crippen molar-refractivity contribution in [1.82, 2.24) is 0 Å².